The Balaban J connectivity index is 2.67. The van der Waals surface area contributed by atoms with Gasteiger partial charge in [0.25, 0.3) is 0 Å². The smallest absolute Gasteiger partial charge is 0.142 e. The van der Waals surface area contributed by atoms with Gasteiger partial charge in [0.2, 0.25) is 0 Å². The summed E-state index contributed by atoms with van der Waals surface area (Å²) in [6.07, 6.45) is 1.78. The molecule has 2 N–H and O–H groups in total. The van der Waals surface area contributed by atoms with Crippen molar-refractivity contribution in [3.8, 4) is 5.75 Å². The molecule has 0 aliphatic rings. The molecule has 0 spiro atoms. The standard InChI is InChI=1S/C12H16ClNO2/c1-9(2)7-12(8-15-14)16-11-5-3-10(13)4-6-11/h3-7,12H,8,14H2,1-2H3. The van der Waals surface area contributed by atoms with Crippen LogP contribution in [0.5, 0.6) is 5.75 Å². The van der Waals surface area contributed by atoms with Crippen molar-refractivity contribution in [3.63, 3.8) is 0 Å². The molecule has 0 saturated heterocycles. The summed E-state index contributed by atoms with van der Waals surface area (Å²) in [7, 11) is 0. The Morgan fingerprint density at radius 1 is 1.38 bits per heavy atom. The van der Waals surface area contributed by atoms with Gasteiger partial charge in [-0.1, -0.05) is 17.2 Å². The molecule has 0 fully saturated rings. The van der Waals surface area contributed by atoms with Gasteiger partial charge in [0.1, 0.15) is 18.5 Å². The fraction of sp³-hybridized carbons (Fsp3) is 0.333. The zero-order chi connectivity index (χ0) is 12.0. The third kappa shape index (κ3) is 4.66. The zero-order valence-electron chi connectivity index (χ0n) is 9.44. The molecule has 88 valence electrons. The maximum absolute atomic E-state index is 5.78. The van der Waals surface area contributed by atoms with Crippen molar-refractivity contribution in [1.82, 2.24) is 0 Å². The number of ether oxygens (including phenoxy) is 1. The van der Waals surface area contributed by atoms with Crippen LogP contribution >= 0.6 is 11.6 Å². The Hall–Kier alpha value is -1.03. The van der Waals surface area contributed by atoms with E-state index in [1.165, 1.54) is 0 Å². The first-order valence-corrected chi connectivity index (χ1v) is 5.38. The Kier molecular flexibility index (Phi) is 5.32. The molecule has 1 rings (SSSR count). The quantitative estimate of drug-likeness (QED) is 0.637. The van der Waals surface area contributed by atoms with Gasteiger partial charge in [-0.05, 0) is 44.2 Å². The average Bonchev–Trinajstić information content (AvgIpc) is 2.21. The lowest BCUT2D eigenvalue weighted by molar-refractivity contribution is 0.0711. The van der Waals surface area contributed by atoms with Gasteiger partial charge >= 0.3 is 0 Å². The fourth-order valence-electron chi connectivity index (χ4n) is 1.27. The van der Waals surface area contributed by atoms with E-state index in [9.17, 15) is 0 Å². The predicted molar refractivity (Wildman–Crippen MR) is 65.4 cm³/mol. The lowest BCUT2D eigenvalue weighted by Gasteiger charge is -2.15. The molecule has 0 aromatic heterocycles. The number of hydrogen-bond acceptors (Lipinski definition) is 3. The van der Waals surface area contributed by atoms with Crippen molar-refractivity contribution in [2.75, 3.05) is 6.61 Å². The molecule has 3 nitrogen and oxygen atoms in total. The van der Waals surface area contributed by atoms with Crippen LogP contribution in [0.1, 0.15) is 13.8 Å². The number of allylic oxidation sites excluding steroid dienone is 1. The summed E-state index contributed by atoms with van der Waals surface area (Å²) in [5.41, 5.74) is 1.15. The molecule has 0 amide bonds. The molecule has 0 aliphatic carbocycles. The van der Waals surface area contributed by atoms with E-state index < -0.39 is 0 Å². The predicted octanol–water partition coefficient (Wildman–Crippen LogP) is 2.94. The van der Waals surface area contributed by atoms with Crippen LogP contribution in [-0.2, 0) is 4.84 Å². The summed E-state index contributed by atoms with van der Waals surface area (Å²) >= 11 is 5.78. The highest BCUT2D eigenvalue weighted by atomic mass is 35.5. The third-order valence-corrected chi connectivity index (χ3v) is 2.13. The Morgan fingerprint density at radius 2 is 2.00 bits per heavy atom. The largest absolute Gasteiger partial charge is 0.484 e. The number of nitrogens with two attached hydrogens (primary N) is 1. The van der Waals surface area contributed by atoms with E-state index in [1.807, 2.05) is 32.1 Å². The van der Waals surface area contributed by atoms with Crippen LogP contribution in [0.25, 0.3) is 0 Å². The fourth-order valence-corrected chi connectivity index (χ4v) is 1.40. The van der Waals surface area contributed by atoms with E-state index in [0.717, 1.165) is 11.3 Å². The second kappa shape index (κ2) is 6.53. The van der Waals surface area contributed by atoms with E-state index in [2.05, 4.69) is 4.84 Å². The maximum Gasteiger partial charge on any atom is 0.142 e. The molecule has 16 heavy (non-hydrogen) atoms. The summed E-state index contributed by atoms with van der Waals surface area (Å²) in [6.45, 7) is 4.30. The van der Waals surface area contributed by atoms with Crippen LogP contribution in [0.15, 0.2) is 35.9 Å². The first-order chi connectivity index (χ1) is 7.61. The monoisotopic (exact) mass is 241 g/mol. The van der Waals surface area contributed by atoms with Crippen LogP contribution < -0.4 is 10.6 Å². The van der Waals surface area contributed by atoms with Gasteiger partial charge in [-0.15, -0.1) is 0 Å². The van der Waals surface area contributed by atoms with Gasteiger partial charge in [0, 0.05) is 5.02 Å². The highest BCUT2D eigenvalue weighted by molar-refractivity contribution is 6.30. The minimum Gasteiger partial charge on any atom is -0.484 e. The molecule has 1 atom stereocenters. The summed E-state index contributed by atoms with van der Waals surface area (Å²) in [6, 6.07) is 7.18. The van der Waals surface area contributed by atoms with Gasteiger partial charge in [-0.25, -0.2) is 5.90 Å². The normalized spacial score (nSPS) is 12.0. The first-order valence-electron chi connectivity index (χ1n) is 5.00. The maximum atomic E-state index is 5.78. The van der Waals surface area contributed by atoms with Crippen LogP contribution in [0.4, 0.5) is 0 Å². The number of rotatable bonds is 5. The van der Waals surface area contributed by atoms with Crippen molar-refractivity contribution < 1.29 is 9.57 Å². The van der Waals surface area contributed by atoms with Crippen LogP contribution in [-0.4, -0.2) is 12.7 Å². The van der Waals surface area contributed by atoms with Crippen LogP contribution in [0, 0.1) is 0 Å². The topological polar surface area (TPSA) is 44.5 Å². The Labute approximate surface area is 101 Å². The third-order valence-electron chi connectivity index (χ3n) is 1.88. The van der Waals surface area contributed by atoms with Crippen molar-refractivity contribution in [2.45, 2.75) is 20.0 Å². The van der Waals surface area contributed by atoms with Crippen molar-refractivity contribution in [2.24, 2.45) is 5.90 Å². The molecule has 0 heterocycles. The van der Waals surface area contributed by atoms with Crippen LogP contribution in [0.2, 0.25) is 5.02 Å². The van der Waals surface area contributed by atoms with E-state index in [-0.39, 0.29) is 6.10 Å². The second-order valence-electron chi connectivity index (χ2n) is 3.69. The molecular weight excluding hydrogens is 226 g/mol. The van der Waals surface area contributed by atoms with Crippen molar-refractivity contribution in [1.29, 1.82) is 0 Å². The number of hydrogen-bond donors (Lipinski definition) is 1. The summed E-state index contributed by atoms with van der Waals surface area (Å²) < 4.78 is 5.68. The highest BCUT2D eigenvalue weighted by Gasteiger charge is 2.07. The van der Waals surface area contributed by atoms with E-state index >= 15 is 0 Å². The van der Waals surface area contributed by atoms with Gasteiger partial charge < -0.3 is 9.57 Å². The summed E-state index contributed by atoms with van der Waals surface area (Å²) in [5.74, 6) is 5.79. The first kappa shape index (κ1) is 13.0. The van der Waals surface area contributed by atoms with Crippen LogP contribution in [0.3, 0.4) is 0 Å². The van der Waals surface area contributed by atoms with Gasteiger partial charge in [0.05, 0.1) is 0 Å². The molecule has 0 bridgehead atoms. The molecule has 4 heteroatoms. The van der Waals surface area contributed by atoms with E-state index in [1.54, 1.807) is 12.1 Å². The minimum absolute atomic E-state index is 0.184. The molecule has 1 unspecified atom stereocenters. The second-order valence-corrected chi connectivity index (χ2v) is 4.12. The SMILES string of the molecule is CC(C)=CC(CON)Oc1ccc(Cl)cc1. The lowest BCUT2D eigenvalue weighted by Crippen LogP contribution is -2.23. The van der Waals surface area contributed by atoms with Crippen molar-refractivity contribution in [3.05, 3.63) is 40.9 Å². The molecule has 0 radical (unpaired) electrons. The minimum atomic E-state index is -0.184. The van der Waals surface area contributed by atoms with Gasteiger partial charge in [0.15, 0.2) is 0 Å². The summed E-state index contributed by atoms with van der Waals surface area (Å²) in [5, 5.41) is 0.682. The number of benzene rings is 1. The van der Waals surface area contributed by atoms with Gasteiger partial charge in [-0.2, -0.15) is 0 Å². The Bertz CT molecular complexity index is 345. The van der Waals surface area contributed by atoms with Crippen molar-refractivity contribution >= 4 is 11.6 Å². The number of halogens is 1. The highest BCUT2D eigenvalue weighted by Crippen LogP contribution is 2.17. The summed E-state index contributed by atoms with van der Waals surface area (Å²) in [4.78, 5) is 4.61. The average molecular weight is 242 g/mol. The zero-order valence-corrected chi connectivity index (χ0v) is 10.2. The molecule has 1 aromatic rings. The van der Waals surface area contributed by atoms with Gasteiger partial charge in [-0.3, -0.25) is 0 Å². The Morgan fingerprint density at radius 3 is 2.50 bits per heavy atom. The molecule has 1 aromatic carbocycles. The van der Waals surface area contributed by atoms with E-state index in [4.69, 9.17) is 22.2 Å². The molecular formula is C12H16ClNO2. The molecule has 0 aliphatic heterocycles. The molecule has 0 saturated carbocycles. The lowest BCUT2D eigenvalue weighted by atomic mass is 10.2. The van der Waals surface area contributed by atoms with E-state index in [0.29, 0.717) is 11.6 Å².